The molecule has 3 fully saturated rings. The summed E-state index contributed by atoms with van der Waals surface area (Å²) in [5.41, 5.74) is -0.870. The summed E-state index contributed by atoms with van der Waals surface area (Å²) in [6.07, 6.45) is 14.6. The predicted octanol–water partition coefficient (Wildman–Crippen LogP) is 6.64. The number of piperidine rings is 1. The number of aromatic nitrogens is 2. The van der Waals surface area contributed by atoms with Gasteiger partial charge >= 0.3 is 12.1 Å². The molecule has 1 aromatic rings. The van der Waals surface area contributed by atoms with E-state index in [1.165, 1.54) is 86.9 Å². The van der Waals surface area contributed by atoms with Gasteiger partial charge < -0.3 is 28.4 Å². The van der Waals surface area contributed by atoms with Gasteiger partial charge in [-0.15, -0.1) is 10.2 Å². The van der Waals surface area contributed by atoms with E-state index in [2.05, 4.69) is 47.5 Å². The highest BCUT2D eigenvalue weighted by Crippen LogP contribution is 2.61. The van der Waals surface area contributed by atoms with E-state index in [-0.39, 0.29) is 17.9 Å². The Bertz CT molecular complexity index is 1270. The van der Waals surface area contributed by atoms with Gasteiger partial charge in [0.1, 0.15) is 11.6 Å². The Kier molecular flexibility index (Phi) is 15.8. The maximum absolute atomic E-state index is 12.7. The highest BCUT2D eigenvalue weighted by Gasteiger charge is 2.64. The summed E-state index contributed by atoms with van der Waals surface area (Å²) < 4.78 is 50.1. The summed E-state index contributed by atoms with van der Waals surface area (Å²) >= 11 is 0. The third-order valence-electron chi connectivity index (χ3n) is 10.0. The number of quaternary nitrogens is 1. The first-order valence-corrected chi connectivity index (χ1v) is 20.3. The molecular formula is C35H64N6O8S. The fraction of sp³-hybridized carbons (Fsp3) is 0.886. The van der Waals surface area contributed by atoms with Crippen molar-refractivity contribution >= 4 is 22.5 Å². The molecule has 2 aliphatic heterocycles. The summed E-state index contributed by atoms with van der Waals surface area (Å²) in [6, 6.07) is -1.69. The smallest absolute Gasteiger partial charge is 0.407 e. The third kappa shape index (κ3) is 12.6. The van der Waals surface area contributed by atoms with E-state index >= 15 is 0 Å². The standard InChI is InChI=1S/C19H29N5O8S.C16H36N/c1-18(2,3)31-16(25)20-9-5-4-6-14-21-22-15(30-14)12-10-19(7-8-19)13-11-23(12)17(26)24(13)32-33(27,28)29;1-5-9-13-17(14-10-6-2,15-11-7-3)16-12-8-4/h12-13H,4-11H2,1-3H3,(H,20,25)(H,27,28,29);5-16H2,1-4H3/q;+1/p-1/t12-,13-;/m0./s1. The molecule has 4 rings (SSSR count). The minimum Gasteiger partial charge on any atom is -0.724 e. The first kappa shape index (κ1) is 41.9. The van der Waals surface area contributed by atoms with E-state index in [9.17, 15) is 22.6 Å². The lowest BCUT2D eigenvalue weighted by Gasteiger charge is -2.39. The van der Waals surface area contributed by atoms with Gasteiger partial charge in [0.15, 0.2) is 0 Å². The number of nitrogens with zero attached hydrogens (tertiary/aromatic N) is 5. The van der Waals surface area contributed by atoms with Crippen LogP contribution < -0.4 is 5.32 Å². The van der Waals surface area contributed by atoms with Crippen LogP contribution in [0.3, 0.4) is 0 Å². The number of carbonyl (C=O) groups excluding carboxylic acids is 2. The van der Waals surface area contributed by atoms with Crippen molar-refractivity contribution in [3.8, 4) is 0 Å². The second-order valence-corrected chi connectivity index (χ2v) is 16.4. The second-order valence-electron chi connectivity index (χ2n) is 15.4. The van der Waals surface area contributed by atoms with Gasteiger partial charge in [-0.2, -0.15) is 9.35 Å². The topological polar surface area (TPSA) is 167 Å². The highest BCUT2D eigenvalue weighted by atomic mass is 32.3. The van der Waals surface area contributed by atoms with Gasteiger partial charge in [-0.05, 0) is 84.0 Å². The molecule has 0 radical (unpaired) electrons. The summed E-state index contributed by atoms with van der Waals surface area (Å²) in [7, 11) is -5.07. The van der Waals surface area contributed by atoms with E-state index in [0.29, 0.717) is 43.2 Å². The third-order valence-corrected chi connectivity index (χ3v) is 10.4. The molecule has 15 heteroatoms. The first-order valence-electron chi connectivity index (χ1n) is 19.0. The minimum absolute atomic E-state index is 0.229. The van der Waals surface area contributed by atoms with Crippen LogP contribution in [-0.2, 0) is 25.8 Å². The first-order chi connectivity index (χ1) is 23.6. The van der Waals surface area contributed by atoms with Gasteiger partial charge in [-0.3, -0.25) is 0 Å². The Morgan fingerprint density at radius 2 is 1.52 bits per heavy atom. The zero-order chi connectivity index (χ0) is 37.0. The number of nitrogens with one attached hydrogen (secondary N) is 1. The number of carbonyl (C=O) groups is 2. The van der Waals surface area contributed by atoms with Crippen LogP contribution in [0.25, 0.3) is 0 Å². The molecule has 2 bridgehead atoms. The molecule has 288 valence electrons. The van der Waals surface area contributed by atoms with Crippen LogP contribution in [0.4, 0.5) is 9.59 Å². The maximum atomic E-state index is 12.7. The minimum atomic E-state index is -5.07. The van der Waals surface area contributed by atoms with Crippen LogP contribution in [0.15, 0.2) is 4.42 Å². The molecule has 3 heterocycles. The number of fused-ring (bicyclic) bond motifs is 3. The van der Waals surface area contributed by atoms with Crippen LogP contribution in [-0.4, -0.2) is 101 Å². The van der Waals surface area contributed by atoms with Gasteiger partial charge in [-0.1, -0.05) is 53.4 Å². The van der Waals surface area contributed by atoms with E-state index in [1.807, 2.05) is 0 Å². The molecule has 50 heavy (non-hydrogen) atoms. The summed E-state index contributed by atoms with van der Waals surface area (Å²) in [5.74, 6) is 0.693. The van der Waals surface area contributed by atoms with Crippen molar-refractivity contribution in [1.29, 1.82) is 0 Å². The average molecular weight is 729 g/mol. The van der Waals surface area contributed by atoms with Crippen molar-refractivity contribution in [2.24, 2.45) is 5.41 Å². The molecule has 1 saturated carbocycles. The fourth-order valence-corrected chi connectivity index (χ4v) is 7.45. The largest absolute Gasteiger partial charge is 0.724 e. The maximum Gasteiger partial charge on any atom is 0.407 e. The Morgan fingerprint density at radius 1 is 0.960 bits per heavy atom. The quantitative estimate of drug-likeness (QED) is 0.0665. The zero-order valence-corrected chi connectivity index (χ0v) is 32.5. The zero-order valence-electron chi connectivity index (χ0n) is 31.7. The monoisotopic (exact) mass is 728 g/mol. The van der Waals surface area contributed by atoms with E-state index in [4.69, 9.17) is 9.15 Å². The number of hydrogen-bond donors (Lipinski definition) is 1. The molecule has 1 N–H and O–H groups in total. The molecule has 1 spiro atoms. The number of amides is 3. The number of alkyl carbamates (subject to hydrolysis) is 1. The number of ether oxygens (including phenoxy) is 1. The Hall–Kier alpha value is -2.49. The fourth-order valence-electron chi connectivity index (χ4n) is 7.09. The van der Waals surface area contributed by atoms with Crippen LogP contribution in [0, 0.1) is 5.41 Å². The van der Waals surface area contributed by atoms with E-state index < -0.39 is 40.2 Å². The lowest BCUT2D eigenvalue weighted by atomic mass is 9.85. The second kappa shape index (κ2) is 18.8. The van der Waals surface area contributed by atoms with Gasteiger partial charge in [0.05, 0.1) is 32.2 Å². The lowest BCUT2D eigenvalue weighted by molar-refractivity contribution is -0.929. The van der Waals surface area contributed by atoms with Crippen LogP contribution in [0.2, 0.25) is 0 Å². The van der Waals surface area contributed by atoms with Gasteiger partial charge in [0.25, 0.3) is 0 Å². The molecule has 3 amide bonds. The number of hydrogen-bond acceptors (Lipinski definition) is 10. The van der Waals surface area contributed by atoms with Crippen LogP contribution in [0.1, 0.15) is 150 Å². The summed E-state index contributed by atoms with van der Waals surface area (Å²) in [4.78, 5) is 25.8. The number of urea groups is 1. The van der Waals surface area contributed by atoms with Gasteiger partial charge in [0.2, 0.25) is 22.2 Å². The number of unbranched alkanes of at least 4 members (excludes halogenated alkanes) is 5. The van der Waals surface area contributed by atoms with E-state index in [0.717, 1.165) is 12.8 Å². The van der Waals surface area contributed by atoms with Crippen molar-refractivity contribution < 1.29 is 40.5 Å². The number of aryl methyl sites for hydroxylation is 1. The summed E-state index contributed by atoms with van der Waals surface area (Å²) in [5, 5.41) is 11.6. The lowest BCUT2D eigenvalue weighted by Crippen LogP contribution is -2.50. The highest BCUT2D eigenvalue weighted by molar-refractivity contribution is 7.80. The van der Waals surface area contributed by atoms with Crippen LogP contribution >= 0.6 is 0 Å². The SMILES string of the molecule is CC(C)(C)OC(=O)NCCCCc1nnc([C@@H]2CC3(CC3)[C@@H]3CN2C(=O)N3OS(=O)(=O)[O-])o1.CCCC[N+](CCCC)(CCCC)CCCC. The normalized spacial score (nSPS) is 19.8. The van der Waals surface area contributed by atoms with Gasteiger partial charge in [-0.25, -0.2) is 18.0 Å². The van der Waals surface area contributed by atoms with Crippen LogP contribution in [0.5, 0.6) is 0 Å². The van der Waals surface area contributed by atoms with E-state index in [1.54, 1.807) is 20.8 Å². The molecule has 0 aromatic carbocycles. The Morgan fingerprint density at radius 3 is 2.00 bits per heavy atom. The van der Waals surface area contributed by atoms with Gasteiger partial charge in [0, 0.05) is 19.5 Å². The molecule has 2 saturated heterocycles. The number of rotatable bonds is 20. The molecule has 14 nitrogen and oxygen atoms in total. The number of hydroxylamine groups is 2. The molecule has 1 aromatic heterocycles. The van der Waals surface area contributed by atoms with Crippen molar-refractivity contribution in [2.75, 3.05) is 39.3 Å². The Labute approximate surface area is 300 Å². The predicted molar refractivity (Wildman–Crippen MR) is 188 cm³/mol. The van der Waals surface area contributed by atoms with Crippen molar-refractivity contribution in [3.63, 3.8) is 0 Å². The Balaban J connectivity index is 0.000000338. The molecule has 1 aliphatic carbocycles. The summed E-state index contributed by atoms with van der Waals surface area (Å²) in [6.45, 7) is 21.1. The average Bonchev–Trinajstić information content (AvgIpc) is 3.54. The molecule has 3 aliphatic rings. The van der Waals surface area contributed by atoms with Crippen molar-refractivity contribution in [1.82, 2.24) is 25.5 Å². The molecule has 0 unspecified atom stereocenters. The van der Waals surface area contributed by atoms with Crippen molar-refractivity contribution in [3.05, 3.63) is 11.8 Å². The molecular weight excluding hydrogens is 664 g/mol. The van der Waals surface area contributed by atoms with Crippen molar-refractivity contribution in [2.45, 2.75) is 156 Å². The molecule has 2 atom stereocenters.